The summed E-state index contributed by atoms with van der Waals surface area (Å²) in [6.07, 6.45) is 4.48. The van der Waals surface area contributed by atoms with Gasteiger partial charge in [0.15, 0.2) is 11.1 Å². The zero-order chi connectivity index (χ0) is 18.7. The van der Waals surface area contributed by atoms with Crippen molar-refractivity contribution in [1.29, 1.82) is 0 Å². The van der Waals surface area contributed by atoms with E-state index in [2.05, 4.69) is 5.32 Å². The van der Waals surface area contributed by atoms with Crippen molar-refractivity contribution in [2.24, 2.45) is 17.2 Å². The Morgan fingerprint density at radius 2 is 1.77 bits per heavy atom. The predicted molar refractivity (Wildman–Crippen MR) is 94.6 cm³/mol. The first-order valence-electron chi connectivity index (χ1n) is 8.94. The van der Waals surface area contributed by atoms with Crippen LogP contribution in [0, 0.1) is 0 Å². The Kier molecular flexibility index (Phi) is 3.52. The molecule has 1 saturated carbocycles. The van der Waals surface area contributed by atoms with E-state index in [0.29, 0.717) is 11.3 Å². The summed E-state index contributed by atoms with van der Waals surface area (Å²) in [6, 6.07) is 5.48. The molecule has 26 heavy (non-hydrogen) atoms. The van der Waals surface area contributed by atoms with Crippen LogP contribution in [-0.2, 0) is 19.8 Å². The number of nitrogens with two attached hydrogens (primary N) is 3. The van der Waals surface area contributed by atoms with E-state index >= 15 is 0 Å². The average Bonchev–Trinajstić information content (AvgIpc) is 3.00. The molecule has 3 atom stereocenters. The van der Waals surface area contributed by atoms with Gasteiger partial charge < -0.3 is 21.7 Å². The van der Waals surface area contributed by atoms with Gasteiger partial charge in [0, 0.05) is 11.7 Å². The molecule has 3 amide bonds. The molecule has 8 heteroatoms. The fraction of sp³-hybridized carbons (Fsp3) is 0.500. The highest BCUT2D eigenvalue weighted by Gasteiger charge is 2.77. The van der Waals surface area contributed by atoms with E-state index in [1.54, 1.807) is 24.3 Å². The van der Waals surface area contributed by atoms with Crippen LogP contribution in [0.5, 0.6) is 0 Å². The summed E-state index contributed by atoms with van der Waals surface area (Å²) in [7, 11) is 0. The van der Waals surface area contributed by atoms with Gasteiger partial charge in [-0.15, -0.1) is 0 Å². The highest BCUT2D eigenvalue weighted by atomic mass is 16.2. The van der Waals surface area contributed by atoms with E-state index in [1.807, 2.05) is 0 Å². The van der Waals surface area contributed by atoms with Crippen molar-refractivity contribution >= 4 is 23.4 Å². The third kappa shape index (κ3) is 1.79. The van der Waals surface area contributed by atoms with Crippen molar-refractivity contribution < 1.29 is 14.4 Å². The molecular formula is C18H23N5O3. The molecule has 3 aliphatic rings. The Morgan fingerprint density at radius 1 is 1.12 bits per heavy atom. The molecule has 1 aliphatic carbocycles. The number of hydrogen-bond acceptors (Lipinski definition) is 5. The summed E-state index contributed by atoms with van der Waals surface area (Å²) in [5.74, 6) is -2.09. The minimum atomic E-state index is -1.82. The number of likely N-dealkylation sites (tertiary alicyclic amines) is 1. The summed E-state index contributed by atoms with van der Waals surface area (Å²) in [5, 5.41) is 2.98. The fourth-order valence-electron chi connectivity index (χ4n) is 5.12. The number of fused-ring (bicyclic) bond motifs is 3. The minimum Gasteiger partial charge on any atom is -0.369 e. The van der Waals surface area contributed by atoms with Gasteiger partial charge in [-0.25, -0.2) is 0 Å². The Bertz CT molecular complexity index is 806. The molecule has 0 aromatic heterocycles. The lowest BCUT2D eigenvalue weighted by molar-refractivity contribution is -0.139. The summed E-state index contributed by atoms with van der Waals surface area (Å²) in [6.45, 7) is 0. The first-order chi connectivity index (χ1) is 12.4. The third-order valence-corrected chi connectivity index (χ3v) is 6.19. The number of primary amides is 2. The number of benzene rings is 1. The summed E-state index contributed by atoms with van der Waals surface area (Å²) in [4.78, 5) is 40.2. The van der Waals surface area contributed by atoms with Crippen LogP contribution < -0.4 is 22.5 Å². The van der Waals surface area contributed by atoms with Gasteiger partial charge >= 0.3 is 0 Å². The van der Waals surface area contributed by atoms with Crippen molar-refractivity contribution in [1.82, 2.24) is 4.90 Å². The lowest BCUT2D eigenvalue weighted by Crippen LogP contribution is -2.69. The van der Waals surface area contributed by atoms with Crippen LogP contribution in [0.4, 0.5) is 5.69 Å². The molecular weight excluding hydrogens is 334 g/mol. The number of para-hydroxylation sites is 1. The summed E-state index contributed by atoms with van der Waals surface area (Å²) >= 11 is 0. The van der Waals surface area contributed by atoms with E-state index in [1.165, 1.54) is 4.90 Å². The highest BCUT2D eigenvalue weighted by molar-refractivity contribution is 6.14. The van der Waals surface area contributed by atoms with Crippen LogP contribution in [0.1, 0.15) is 37.7 Å². The molecule has 0 radical (unpaired) electrons. The normalized spacial score (nSPS) is 33.5. The number of anilines is 1. The van der Waals surface area contributed by atoms with Gasteiger partial charge in [0.05, 0.1) is 0 Å². The second-order valence-electron chi connectivity index (χ2n) is 7.46. The smallest absolute Gasteiger partial charge is 0.265 e. The number of hydrogen-bond donors (Lipinski definition) is 4. The standard InChI is InChI=1S/C18H23N5O3/c19-14(24)13-17(15(20)25)11-8-4-5-9-12(11)22-18(17,21)16(26)23(13)10-6-2-1-3-7-10/h4-5,8-10,13,22H,1-3,6-7,21H2,(H2,19,24)(H2,20,25). The molecule has 8 nitrogen and oxygen atoms in total. The minimum absolute atomic E-state index is 0.176. The zero-order valence-electron chi connectivity index (χ0n) is 14.4. The largest absolute Gasteiger partial charge is 0.369 e. The van der Waals surface area contributed by atoms with Crippen molar-refractivity contribution in [2.75, 3.05) is 5.32 Å². The number of carbonyl (C=O) groups is 3. The molecule has 4 rings (SSSR count). The number of nitrogens with zero attached hydrogens (tertiary/aromatic N) is 1. The van der Waals surface area contributed by atoms with Crippen molar-refractivity contribution in [3.8, 4) is 0 Å². The SMILES string of the molecule is NC(=O)C1N(C2CCCCC2)C(=O)C2(N)Nc3ccccc3C12C(N)=O. The first-order valence-corrected chi connectivity index (χ1v) is 8.94. The van der Waals surface area contributed by atoms with Crippen LogP contribution in [0.3, 0.4) is 0 Å². The van der Waals surface area contributed by atoms with E-state index < -0.39 is 34.8 Å². The van der Waals surface area contributed by atoms with Gasteiger partial charge in [0.1, 0.15) is 6.04 Å². The molecule has 138 valence electrons. The lowest BCUT2D eigenvalue weighted by Gasteiger charge is -2.38. The van der Waals surface area contributed by atoms with Gasteiger partial charge in [0.2, 0.25) is 11.8 Å². The van der Waals surface area contributed by atoms with Crippen LogP contribution >= 0.6 is 0 Å². The van der Waals surface area contributed by atoms with E-state index in [9.17, 15) is 14.4 Å². The second-order valence-corrected chi connectivity index (χ2v) is 7.46. The topological polar surface area (TPSA) is 145 Å². The molecule has 2 fully saturated rings. The van der Waals surface area contributed by atoms with Crippen LogP contribution in [0.15, 0.2) is 24.3 Å². The fourth-order valence-corrected chi connectivity index (χ4v) is 5.12. The van der Waals surface area contributed by atoms with Crippen LogP contribution in [-0.4, -0.2) is 40.4 Å². The molecule has 2 aliphatic heterocycles. The molecule has 7 N–H and O–H groups in total. The van der Waals surface area contributed by atoms with E-state index in [4.69, 9.17) is 17.2 Å². The highest BCUT2D eigenvalue weighted by Crippen LogP contribution is 2.54. The van der Waals surface area contributed by atoms with Gasteiger partial charge in [0.25, 0.3) is 5.91 Å². The Balaban J connectivity index is 1.96. The van der Waals surface area contributed by atoms with Crippen molar-refractivity contribution in [3.05, 3.63) is 29.8 Å². The Labute approximate surface area is 151 Å². The molecule has 0 spiro atoms. The number of carbonyl (C=O) groups excluding carboxylic acids is 3. The second kappa shape index (κ2) is 5.44. The maximum atomic E-state index is 13.4. The quantitative estimate of drug-likeness (QED) is 0.577. The first kappa shape index (κ1) is 16.8. The van der Waals surface area contributed by atoms with E-state index in [0.717, 1.165) is 32.1 Å². The van der Waals surface area contributed by atoms with Crippen LogP contribution in [0.2, 0.25) is 0 Å². The van der Waals surface area contributed by atoms with Crippen LogP contribution in [0.25, 0.3) is 0 Å². The van der Waals surface area contributed by atoms with Crippen molar-refractivity contribution in [3.63, 3.8) is 0 Å². The average molecular weight is 357 g/mol. The van der Waals surface area contributed by atoms with Gasteiger partial charge in [-0.3, -0.25) is 20.1 Å². The maximum Gasteiger partial charge on any atom is 0.265 e. The lowest BCUT2D eigenvalue weighted by atomic mass is 9.69. The monoisotopic (exact) mass is 357 g/mol. The molecule has 3 unspecified atom stereocenters. The molecule has 1 aromatic rings. The Morgan fingerprint density at radius 3 is 2.38 bits per heavy atom. The van der Waals surface area contributed by atoms with Gasteiger partial charge in [-0.1, -0.05) is 37.5 Å². The molecule has 1 aromatic carbocycles. The molecule has 2 heterocycles. The summed E-state index contributed by atoms with van der Waals surface area (Å²) < 4.78 is 0. The summed E-state index contributed by atoms with van der Waals surface area (Å²) in [5.41, 5.74) is 15.5. The Hall–Kier alpha value is -2.61. The number of nitrogens with one attached hydrogen (secondary N) is 1. The van der Waals surface area contributed by atoms with Crippen molar-refractivity contribution in [2.45, 2.75) is 55.3 Å². The zero-order valence-corrected chi connectivity index (χ0v) is 14.4. The van der Waals surface area contributed by atoms with Gasteiger partial charge in [-0.05, 0) is 24.5 Å². The molecule has 1 saturated heterocycles. The van der Waals surface area contributed by atoms with Gasteiger partial charge in [-0.2, -0.15) is 0 Å². The predicted octanol–water partition coefficient (Wildman–Crippen LogP) is -0.481. The maximum absolute atomic E-state index is 13.4. The third-order valence-electron chi connectivity index (χ3n) is 6.19. The molecule has 0 bridgehead atoms. The number of rotatable bonds is 3. The number of amides is 3. The van der Waals surface area contributed by atoms with E-state index in [-0.39, 0.29) is 6.04 Å².